The number of phenols is 1. The van der Waals surface area contributed by atoms with Crippen molar-refractivity contribution in [3.8, 4) is 5.75 Å². The maximum atomic E-state index is 13.5. The predicted octanol–water partition coefficient (Wildman–Crippen LogP) is 4.31. The highest BCUT2D eigenvalue weighted by molar-refractivity contribution is 9.11. The number of anilines is 1. The number of amides is 1. The van der Waals surface area contributed by atoms with Gasteiger partial charge in [0.15, 0.2) is 0 Å². The lowest BCUT2D eigenvalue weighted by molar-refractivity contribution is 0.102. The monoisotopic (exact) mass is 387 g/mol. The molecule has 0 aliphatic carbocycles. The first-order valence-corrected chi connectivity index (χ1v) is 6.81. The van der Waals surface area contributed by atoms with Crippen LogP contribution in [0.2, 0.25) is 0 Å². The molecule has 0 radical (unpaired) electrons. The van der Waals surface area contributed by atoms with Crippen LogP contribution in [0.1, 0.15) is 10.4 Å². The van der Waals surface area contributed by atoms with Crippen molar-refractivity contribution in [3.63, 3.8) is 0 Å². The van der Waals surface area contributed by atoms with Gasteiger partial charge in [0.05, 0.1) is 11.3 Å². The van der Waals surface area contributed by atoms with E-state index in [-0.39, 0.29) is 11.4 Å². The van der Waals surface area contributed by atoms with E-state index in [1.54, 1.807) is 18.2 Å². The molecule has 1 amide bonds. The van der Waals surface area contributed by atoms with Gasteiger partial charge in [-0.05, 0) is 46.3 Å². The SMILES string of the molecule is O=C(Nc1ccc(O)cc1F)c1cc(Br)ccc1Br. The number of aromatic hydroxyl groups is 1. The quantitative estimate of drug-likeness (QED) is 0.753. The molecule has 0 spiro atoms. The van der Waals surface area contributed by atoms with Crippen LogP contribution in [0, 0.1) is 5.82 Å². The highest BCUT2D eigenvalue weighted by Crippen LogP contribution is 2.24. The van der Waals surface area contributed by atoms with E-state index in [1.807, 2.05) is 0 Å². The van der Waals surface area contributed by atoms with Gasteiger partial charge in [0, 0.05) is 15.0 Å². The molecule has 0 fully saturated rings. The van der Waals surface area contributed by atoms with Crippen molar-refractivity contribution >= 4 is 43.5 Å². The van der Waals surface area contributed by atoms with Crippen molar-refractivity contribution in [3.05, 3.63) is 56.7 Å². The predicted molar refractivity (Wildman–Crippen MR) is 77.9 cm³/mol. The van der Waals surface area contributed by atoms with Gasteiger partial charge in [-0.1, -0.05) is 15.9 Å². The molecular weight excluding hydrogens is 381 g/mol. The zero-order valence-corrected chi connectivity index (χ0v) is 12.6. The maximum Gasteiger partial charge on any atom is 0.256 e. The normalized spacial score (nSPS) is 10.3. The summed E-state index contributed by atoms with van der Waals surface area (Å²) in [5.74, 6) is -1.34. The Kier molecular flexibility index (Phi) is 4.21. The second-order valence-corrected chi connectivity index (χ2v) is 5.51. The molecule has 3 nitrogen and oxygen atoms in total. The smallest absolute Gasteiger partial charge is 0.256 e. The molecule has 98 valence electrons. The van der Waals surface area contributed by atoms with Crippen LogP contribution >= 0.6 is 31.9 Å². The third-order valence-electron chi connectivity index (χ3n) is 2.37. The summed E-state index contributed by atoms with van der Waals surface area (Å²) in [6, 6.07) is 8.65. The van der Waals surface area contributed by atoms with Crippen LogP contribution in [0.25, 0.3) is 0 Å². The van der Waals surface area contributed by atoms with Crippen LogP contribution in [-0.2, 0) is 0 Å². The lowest BCUT2D eigenvalue weighted by Gasteiger charge is -2.08. The first kappa shape index (κ1) is 14.0. The molecule has 0 saturated heterocycles. The van der Waals surface area contributed by atoms with E-state index in [9.17, 15) is 9.18 Å². The van der Waals surface area contributed by atoms with Crippen LogP contribution in [0.15, 0.2) is 45.3 Å². The molecule has 0 saturated carbocycles. The van der Waals surface area contributed by atoms with Crippen LogP contribution in [0.3, 0.4) is 0 Å². The summed E-state index contributed by atoms with van der Waals surface area (Å²) in [4.78, 5) is 12.0. The number of carbonyl (C=O) groups excluding carboxylic acids is 1. The van der Waals surface area contributed by atoms with Crippen molar-refractivity contribution < 1.29 is 14.3 Å². The number of rotatable bonds is 2. The number of nitrogens with one attached hydrogen (secondary N) is 1. The number of phenolic OH excluding ortho intramolecular Hbond substituents is 1. The third kappa shape index (κ3) is 3.33. The lowest BCUT2D eigenvalue weighted by atomic mass is 10.2. The summed E-state index contributed by atoms with van der Waals surface area (Å²) in [5.41, 5.74) is 0.386. The van der Waals surface area contributed by atoms with Gasteiger partial charge in [-0.3, -0.25) is 4.79 Å². The van der Waals surface area contributed by atoms with Gasteiger partial charge in [-0.2, -0.15) is 0 Å². The van der Waals surface area contributed by atoms with E-state index >= 15 is 0 Å². The van der Waals surface area contributed by atoms with Gasteiger partial charge in [-0.15, -0.1) is 0 Å². The van der Waals surface area contributed by atoms with Crippen molar-refractivity contribution in [2.75, 3.05) is 5.32 Å². The zero-order chi connectivity index (χ0) is 14.0. The van der Waals surface area contributed by atoms with Crippen LogP contribution in [0.4, 0.5) is 10.1 Å². The summed E-state index contributed by atoms with van der Waals surface area (Å²) < 4.78 is 14.9. The van der Waals surface area contributed by atoms with Crippen LogP contribution < -0.4 is 5.32 Å². The van der Waals surface area contributed by atoms with E-state index < -0.39 is 11.7 Å². The number of benzene rings is 2. The molecular formula is C13H8Br2FNO2. The van der Waals surface area contributed by atoms with Crippen molar-refractivity contribution in [2.45, 2.75) is 0 Å². The largest absolute Gasteiger partial charge is 0.508 e. The van der Waals surface area contributed by atoms with E-state index in [1.165, 1.54) is 12.1 Å². The Morgan fingerprint density at radius 2 is 1.89 bits per heavy atom. The Morgan fingerprint density at radius 1 is 1.16 bits per heavy atom. The molecule has 6 heteroatoms. The van der Waals surface area contributed by atoms with Crippen molar-refractivity contribution in [1.29, 1.82) is 0 Å². The minimum Gasteiger partial charge on any atom is -0.508 e. The molecule has 19 heavy (non-hydrogen) atoms. The van der Waals surface area contributed by atoms with E-state index in [2.05, 4.69) is 37.2 Å². The fourth-order valence-electron chi connectivity index (χ4n) is 1.47. The van der Waals surface area contributed by atoms with Crippen LogP contribution in [0.5, 0.6) is 5.75 Å². The molecule has 0 aromatic heterocycles. The first-order chi connectivity index (χ1) is 8.97. The highest BCUT2D eigenvalue weighted by Gasteiger charge is 2.13. The number of halogens is 3. The van der Waals surface area contributed by atoms with Crippen molar-refractivity contribution in [2.24, 2.45) is 0 Å². The average Bonchev–Trinajstić information content (AvgIpc) is 2.35. The molecule has 2 aromatic carbocycles. The number of carbonyl (C=O) groups is 1. The van der Waals surface area contributed by atoms with Gasteiger partial charge in [-0.25, -0.2) is 4.39 Å². The molecule has 0 heterocycles. The Hall–Kier alpha value is -1.40. The van der Waals surface area contributed by atoms with Gasteiger partial charge in [0.25, 0.3) is 5.91 Å². The van der Waals surface area contributed by atoms with E-state index in [4.69, 9.17) is 5.11 Å². The number of hydrogen-bond acceptors (Lipinski definition) is 2. The van der Waals surface area contributed by atoms with Crippen molar-refractivity contribution in [1.82, 2.24) is 0 Å². The van der Waals surface area contributed by atoms with E-state index in [0.717, 1.165) is 10.5 Å². The summed E-state index contributed by atoms with van der Waals surface area (Å²) in [7, 11) is 0. The molecule has 2 rings (SSSR count). The molecule has 0 bridgehead atoms. The summed E-state index contributed by atoms with van der Waals surface area (Å²) in [5, 5.41) is 11.5. The Balaban J connectivity index is 2.28. The fraction of sp³-hybridized carbons (Fsp3) is 0. The van der Waals surface area contributed by atoms with Crippen LogP contribution in [-0.4, -0.2) is 11.0 Å². The molecule has 0 unspecified atom stereocenters. The molecule has 0 aliphatic rings. The van der Waals surface area contributed by atoms with Gasteiger partial charge < -0.3 is 10.4 Å². The van der Waals surface area contributed by atoms with Gasteiger partial charge in [0.1, 0.15) is 11.6 Å². The fourth-order valence-corrected chi connectivity index (χ4v) is 2.25. The third-order valence-corrected chi connectivity index (χ3v) is 3.56. The highest BCUT2D eigenvalue weighted by atomic mass is 79.9. The molecule has 2 N–H and O–H groups in total. The minimum atomic E-state index is -0.695. The standard InChI is InChI=1S/C13H8Br2FNO2/c14-7-1-3-10(15)9(5-7)13(19)17-12-4-2-8(18)6-11(12)16/h1-6,18H,(H,17,19). The van der Waals surface area contributed by atoms with Gasteiger partial charge >= 0.3 is 0 Å². The Morgan fingerprint density at radius 3 is 2.58 bits per heavy atom. The van der Waals surface area contributed by atoms with Gasteiger partial charge in [0.2, 0.25) is 0 Å². The molecule has 0 aliphatic heterocycles. The summed E-state index contributed by atoms with van der Waals surface area (Å²) in [6.45, 7) is 0. The molecule has 2 aromatic rings. The Labute approximate surface area is 125 Å². The first-order valence-electron chi connectivity index (χ1n) is 5.22. The Bertz CT molecular complexity index is 647. The summed E-state index contributed by atoms with van der Waals surface area (Å²) in [6.07, 6.45) is 0. The number of hydrogen-bond donors (Lipinski definition) is 2. The molecule has 0 atom stereocenters. The average molecular weight is 389 g/mol. The summed E-state index contributed by atoms with van der Waals surface area (Å²) >= 11 is 6.53. The van der Waals surface area contributed by atoms with E-state index in [0.29, 0.717) is 10.0 Å². The lowest BCUT2D eigenvalue weighted by Crippen LogP contribution is -2.13. The zero-order valence-electron chi connectivity index (χ0n) is 9.45. The second kappa shape index (κ2) is 5.71. The topological polar surface area (TPSA) is 49.3 Å². The second-order valence-electron chi connectivity index (χ2n) is 3.74. The maximum absolute atomic E-state index is 13.5. The minimum absolute atomic E-state index is 0.00896.